The molecule has 3 heteroatoms. The van der Waals surface area contributed by atoms with E-state index in [2.05, 4.69) is 38.3 Å². The van der Waals surface area contributed by atoms with Crippen molar-refractivity contribution in [3.8, 4) is 0 Å². The lowest BCUT2D eigenvalue weighted by Crippen LogP contribution is -2.26. The van der Waals surface area contributed by atoms with Gasteiger partial charge in [0.15, 0.2) is 0 Å². The molecule has 0 bridgehead atoms. The standard InChI is InChI=1S/C16H28N2O/c1-5-19-10-16(11(2)3)18-12(4)9-13-14(17)7-6-8-15(13)18/h9,11,14,16H,5-8,10,17H2,1-4H3. The van der Waals surface area contributed by atoms with Crippen molar-refractivity contribution >= 4 is 0 Å². The molecule has 0 radical (unpaired) electrons. The molecule has 0 fully saturated rings. The van der Waals surface area contributed by atoms with Crippen molar-refractivity contribution in [2.45, 2.75) is 59.0 Å². The molecule has 0 aromatic carbocycles. The summed E-state index contributed by atoms with van der Waals surface area (Å²) >= 11 is 0. The number of nitrogens with two attached hydrogens (primary N) is 1. The van der Waals surface area contributed by atoms with Gasteiger partial charge in [-0.15, -0.1) is 0 Å². The van der Waals surface area contributed by atoms with Crippen molar-refractivity contribution in [3.63, 3.8) is 0 Å². The van der Waals surface area contributed by atoms with Crippen molar-refractivity contribution in [1.29, 1.82) is 0 Å². The number of ether oxygens (including phenoxy) is 1. The molecule has 2 N–H and O–H groups in total. The predicted octanol–water partition coefficient (Wildman–Crippen LogP) is 3.37. The van der Waals surface area contributed by atoms with E-state index in [1.54, 1.807) is 0 Å². The van der Waals surface area contributed by atoms with Gasteiger partial charge in [0.25, 0.3) is 0 Å². The van der Waals surface area contributed by atoms with Crippen molar-refractivity contribution in [2.24, 2.45) is 11.7 Å². The molecule has 1 aliphatic carbocycles. The van der Waals surface area contributed by atoms with Gasteiger partial charge in [0, 0.05) is 24.0 Å². The molecule has 2 atom stereocenters. The molecule has 108 valence electrons. The molecule has 19 heavy (non-hydrogen) atoms. The topological polar surface area (TPSA) is 40.2 Å². The lowest BCUT2D eigenvalue weighted by Gasteiger charge is -2.29. The van der Waals surface area contributed by atoms with Gasteiger partial charge in [0.2, 0.25) is 0 Å². The summed E-state index contributed by atoms with van der Waals surface area (Å²) in [5.41, 5.74) is 10.4. The van der Waals surface area contributed by atoms with Gasteiger partial charge in [-0.25, -0.2) is 0 Å². The zero-order valence-electron chi connectivity index (χ0n) is 12.8. The normalized spacial score (nSPS) is 20.6. The average molecular weight is 264 g/mol. The van der Waals surface area contributed by atoms with Crippen molar-refractivity contribution in [2.75, 3.05) is 13.2 Å². The fourth-order valence-electron chi connectivity index (χ4n) is 3.23. The molecule has 0 saturated carbocycles. The van der Waals surface area contributed by atoms with Gasteiger partial charge in [-0.1, -0.05) is 13.8 Å². The van der Waals surface area contributed by atoms with Gasteiger partial charge < -0.3 is 15.0 Å². The maximum atomic E-state index is 6.26. The Balaban J connectivity index is 2.36. The van der Waals surface area contributed by atoms with Gasteiger partial charge in [-0.2, -0.15) is 0 Å². The second-order valence-electron chi connectivity index (χ2n) is 6.03. The maximum absolute atomic E-state index is 6.26. The number of aromatic nitrogens is 1. The molecule has 1 aliphatic rings. The monoisotopic (exact) mass is 264 g/mol. The lowest BCUT2D eigenvalue weighted by atomic mass is 9.93. The Morgan fingerprint density at radius 3 is 2.84 bits per heavy atom. The molecule has 1 heterocycles. The quantitative estimate of drug-likeness (QED) is 0.885. The molecule has 2 rings (SSSR count). The van der Waals surface area contributed by atoms with E-state index in [1.165, 1.54) is 23.4 Å². The highest BCUT2D eigenvalue weighted by Crippen LogP contribution is 2.34. The first-order valence-electron chi connectivity index (χ1n) is 7.60. The van der Waals surface area contributed by atoms with Gasteiger partial charge in [0.05, 0.1) is 12.6 Å². The van der Waals surface area contributed by atoms with Gasteiger partial charge in [-0.05, 0) is 50.7 Å². The SMILES string of the molecule is CCOCC(C(C)C)n1c(C)cc2c1CCCC2N. The fraction of sp³-hybridized carbons (Fsp3) is 0.750. The minimum absolute atomic E-state index is 0.226. The maximum Gasteiger partial charge on any atom is 0.0676 e. The summed E-state index contributed by atoms with van der Waals surface area (Å²) in [4.78, 5) is 0. The fourth-order valence-corrected chi connectivity index (χ4v) is 3.23. The minimum Gasteiger partial charge on any atom is -0.380 e. The first kappa shape index (κ1) is 14.6. The number of nitrogens with zero attached hydrogens (tertiary/aromatic N) is 1. The number of aryl methyl sites for hydroxylation is 1. The van der Waals surface area contributed by atoms with Crippen LogP contribution in [0.25, 0.3) is 0 Å². The Hall–Kier alpha value is -0.800. The Bertz CT molecular complexity index is 423. The molecule has 0 aliphatic heterocycles. The zero-order chi connectivity index (χ0) is 14.0. The molecule has 1 aromatic rings. The van der Waals surface area contributed by atoms with E-state index in [0.717, 1.165) is 26.1 Å². The van der Waals surface area contributed by atoms with Crippen LogP contribution in [0.5, 0.6) is 0 Å². The smallest absolute Gasteiger partial charge is 0.0676 e. The van der Waals surface area contributed by atoms with Crippen LogP contribution in [0, 0.1) is 12.8 Å². The summed E-state index contributed by atoms with van der Waals surface area (Å²) in [6.07, 6.45) is 3.48. The molecular formula is C16H28N2O. The average Bonchev–Trinajstić information content (AvgIpc) is 2.68. The van der Waals surface area contributed by atoms with Gasteiger partial charge in [0.1, 0.15) is 0 Å². The van der Waals surface area contributed by atoms with Crippen molar-refractivity contribution in [1.82, 2.24) is 4.57 Å². The molecule has 2 unspecified atom stereocenters. The van der Waals surface area contributed by atoms with Gasteiger partial charge in [-0.3, -0.25) is 0 Å². The van der Waals surface area contributed by atoms with E-state index in [1.807, 2.05) is 0 Å². The first-order valence-corrected chi connectivity index (χ1v) is 7.60. The predicted molar refractivity (Wildman–Crippen MR) is 79.4 cm³/mol. The van der Waals surface area contributed by atoms with E-state index in [0.29, 0.717) is 12.0 Å². The summed E-state index contributed by atoms with van der Waals surface area (Å²) in [6, 6.07) is 2.94. The van der Waals surface area contributed by atoms with E-state index >= 15 is 0 Å². The third-order valence-corrected chi connectivity index (χ3v) is 4.29. The molecule has 0 saturated heterocycles. The molecule has 0 spiro atoms. The number of fused-ring (bicyclic) bond motifs is 1. The lowest BCUT2D eigenvalue weighted by molar-refractivity contribution is 0.0945. The Morgan fingerprint density at radius 2 is 2.21 bits per heavy atom. The van der Waals surface area contributed by atoms with E-state index < -0.39 is 0 Å². The van der Waals surface area contributed by atoms with Crippen molar-refractivity contribution in [3.05, 3.63) is 23.0 Å². The number of rotatable bonds is 5. The summed E-state index contributed by atoms with van der Waals surface area (Å²) in [7, 11) is 0. The minimum atomic E-state index is 0.226. The van der Waals surface area contributed by atoms with Crippen LogP contribution in [0.1, 0.15) is 62.6 Å². The van der Waals surface area contributed by atoms with Gasteiger partial charge >= 0.3 is 0 Å². The van der Waals surface area contributed by atoms with Crippen LogP contribution in [0.2, 0.25) is 0 Å². The van der Waals surface area contributed by atoms with E-state index in [9.17, 15) is 0 Å². The Labute approximate surface area is 117 Å². The summed E-state index contributed by atoms with van der Waals surface area (Å²) in [6.45, 7) is 10.4. The highest BCUT2D eigenvalue weighted by atomic mass is 16.5. The highest BCUT2D eigenvalue weighted by Gasteiger charge is 2.27. The summed E-state index contributed by atoms with van der Waals surface area (Å²) in [5.74, 6) is 0.569. The van der Waals surface area contributed by atoms with Crippen LogP contribution < -0.4 is 5.73 Å². The summed E-state index contributed by atoms with van der Waals surface area (Å²) in [5, 5.41) is 0. The van der Waals surface area contributed by atoms with Crippen LogP contribution in [0.15, 0.2) is 6.07 Å². The third kappa shape index (κ3) is 2.87. The van der Waals surface area contributed by atoms with Crippen LogP contribution in [0.4, 0.5) is 0 Å². The van der Waals surface area contributed by atoms with E-state index in [-0.39, 0.29) is 6.04 Å². The molecule has 0 amide bonds. The highest BCUT2D eigenvalue weighted by molar-refractivity contribution is 5.33. The van der Waals surface area contributed by atoms with Crippen LogP contribution >= 0.6 is 0 Å². The molecular weight excluding hydrogens is 236 g/mol. The van der Waals surface area contributed by atoms with Crippen LogP contribution in [-0.4, -0.2) is 17.8 Å². The Kier molecular flexibility index (Phi) is 4.69. The second kappa shape index (κ2) is 6.10. The van der Waals surface area contributed by atoms with Crippen LogP contribution in [0.3, 0.4) is 0 Å². The third-order valence-electron chi connectivity index (χ3n) is 4.29. The van der Waals surface area contributed by atoms with Crippen LogP contribution in [-0.2, 0) is 11.2 Å². The number of hydrogen-bond donors (Lipinski definition) is 1. The van der Waals surface area contributed by atoms with Crippen molar-refractivity contribution < 1.29 is 4.74 Å². The molecule has 1 aromatic heterocycles. The Morgan fingerprint density at radius 1 is 1.47 bits per heavy atom. The second-order valence-corrected chi connectivity index (χ2v) is 6.03. The van der Waals surface area contributed by atoms with E-state index in [4.69, 9.17) is 10.5 Å². The first-order chi connectivity index (χ1) is 9.06. The summed E-state index contributed by atoms with van der Waals surface area (Å²) < 4.78 is 8.20. The number of hydrogen-bond acceptors (Lipinski definition) is 2. The largest absolute Gasteiger partial charge is 0.380 e. The molecule has 3 nitrogen and oxygen atoms in total. The zero-order valence-corrected chi connectivity index (χ0v) is 12.8.